The van der Waals surface area contributed by atoms with E-state index in [2.05, 4.69) is 6.92 Å². The van der Waals surface area contributed by atoms with Gasteiger partial charge in [-0.1, -0.05) is 19.8 Å². The minimum atomic E-state index is -2.62. The normalized spacial score (nSPS) is 9.00. The van der Waals surface area contributed by atoms with E-state index in [1.807, 2.05) is 0 Å². The van der Waals surface area contributed by atoms with Gasteiger partial charge >= 0.3 is 8.60 Å². The van der Waals surface area contributed by atoms with Crippen LogP contribution >= 0.6 is 8.60 Å². The van der Waals surface area contributed by atoms with Crippen LogP contribution in [-0.2, 0) is 0 Å². The lowest BCUT2D eigenvalue weighted by Gasteiger charge is -1.85. The van der Waals surface area contributed by atoms with E-state index in [0.29, 0.717) is 6.61 Å². The third-order valence-electron chi connectivity index (χ3n) is 0.762. The van der Waals surface area contributed by atoms with Gasteiger partial charge in [0.15, 0.2) is 0 Å². The van der Waals surface area contributed by atoms with Crippen molar-refractivity contribution in [3.05, 3.63) is 0 Å². The fraction of sp³-hybridized carbons (Fsp3) is 1.00. The monoisotopic (exact) mass is 170 g/mol. The van der Waals surface area contributed by atoms with Gasteiger partial charge in [-0.3, -0.25) is 0 Å². The smallest absolute Gasteiger partial charge is 0.324 e. The Hall–Kier alpha value is 0.270. The Morgan fingerprint density at radius 3 is 1.60 bits per heavy atom. The van der Waals surface area contributed by atoms with Crippen LogP contribution in [0.1, 0.15) is 26.2 Å². The number of hydrogen-bond acceptors (Lipinski definition) is 4. The molecule has 4 nitrogen and oxygen atoms in total. The summed E-state index contributed by atoms with van der Waals surface area (Å²) in [6, 6.07) is 0. The zero-order valence-corrected chi connectivity index (χ0v) is 6.96. The highest BCUT2D eigenvalue weighted by Crippen LogP contribution is 2.11. The molecule has 0 fully saturated rings. The van der Waals surface area contributed by atoms with Gasteiger partial charge in [-0.2, -0.15) is 0 Å². The van der Waals surface area contributed by atoms with Crippen molar-refractivity contribution in [1.82, 2.24) is 0 Å². The van der Waals surface area contributed by atoms with Crippen LogP contribution in [-0.4, -0.2) is 26.4 Å². The molecule has 10 heavy (non-hydrogen) atoms. The molecule has 0 saturated carbocycles. The van der Waals surface area contributed by atoms with Crippen molar-refractivity contribution >= 4 is 8.60 Å². The molecule has 0 amide bonds. The summed E-state index contributed by atoms with van der Waals surface area (Å²) >= 11 is 0. The van der Waals surface area contributed by atoms with Crippen LogP contribution in [0.25, 0.3) is 0 Å². The first-order valence-electron chi connectivity index (χ1n) is 3.12. The van der Waals surface area contributed by atoms with Crippen LogP contribution in [0.4, 0.5) is 0 Å². The fourth-order valence-electron chi connectivity index (χ4n) is 0.362. The third kappa shape index (κ3) is 40.9. The molecular formula is C5H15O4P. The van der Waals surface area contributed by atoms with Gasteiger partial charge in [-0.05, 0) is 6.42 Å². The topological polar surface area (TPSA) is 80.9 Å². The molecule has 0 saturated heterocycles. The summed E-state index contributed by atoms with van der Waals surface area (Å²) in [5.74, 6) is 0. The second kappa shape index (κ2) is 12.0. The molecule has 4 N–H and O–H groups in total. The predicted molar refractivity (Wildman–Crippen MR) is 40.2 cm³/mol. The highest BCUT2D eigenvalue weighted by atomic mass is 31.2. The molecule has 0 rings (SSSR count). The first kappa shape index (κ1) is 12.9. The van der Waals surface area contributed by atoms with Crippen molar-refractivity contribution < 1.29 is 19.8 Å². The lowest BCUT2D eigenvalue weighted by molar-refractivity contribution is 0.284. The van der Waals surface area contributed by atoms with Crippen LogP contribution < -0.4 is 0 Å². The van der Waals surface area contributed by atoms with Crippen molar-refractivity contribution in [2.24, 2.45) is 0 Å². The number of aliphatic hydroxyl groups excluding tert-OH is 1. The molecule has 0 bridgehead atoms. The van der Waals surface area contributed by atoms with Crippen molar-refractivity contribution in [1.29, 1.82) is 0 Å². The first-order chi connectivity index (χ1) is 4.65. The Bertz CT molecular complexity index is 44.2. The summed E-state index contributed by atoms with van der Waals surface area (Å²) in [6.07, 6.45) is 3.33. The molecule has 0 aliphatic carbocycles. The van der Waals surface area contributed by atoms with Gasteiger partial charge in [-0.15, -0.1) is 0 Å². The van der Waals surface area contributed by atoms with Gasteiger partial charge in [0.25, 0.3) is 0 Å². The Morgan fingerprint density at radius 2 is 1.50 bits per heavy atom. The van der Waals surface area contributed by atoms with Crippen LogP contribution in [0.15, 0.2) is 0 Å². The molecule has 0 atom stereocenters. The SMILES string of the molecule is CCCCCO.OP(O)O. The Balaban J connectivity index is 0. The fourth-order valence-corrected chi connectivity index (χ4v) is 0.362. The molecule has 5 heteroatoms. The Labute approximate surface area is 62.1 Å². The molecule has 0 heterocycles. The van der Waals surface area contributed by atoms with Crippen molar-refractivity contribution in [2.45, 2.75) is 26.2 Å². The van der Waals surface area contributed by atoms with Crippen LogP contribution in [0.3, 0.4) is 0 Å². The maximum Gasteiger partial charge on any atom is 0.324 e. The molecule has 0 aromatic heterocycles. The minimum Gasteiger partial charge on any atom is -0.396 e. The zero-order chi connectivity index (χ0) is 8.41. The second-order valence-corrected chi connectivity index (χ2v) is 2.24. The molecular weight excluding hydrogens is 155 g/mol. The minimum absolute atomic E-state index is 0.355. The van der Waals surface area contributed by atoms with Gasteiger partial charge in [0.05, 0.1) is 0 Å². The standard InChI is InChI=1S/C5H12O.H3O3P/c1-2-3-4-5-6;1-4(2)3/h6H,2-5H2,1H3;1-3H. The summed E-state index contributed by atoms with van der Waals surface area (Å²) in [7, 11) is -2.62. The summed E-state index contributed by atoms with van der Waals surface area (Å²) in [5.41, 5.74) is 0. The number of aliphatic hydroxyl groups is 1. The molecule has 0 unspecified atom stereocenters. The summed E-state index contributed by atoms with van der Waals surface area (Å²) in [6.45, 7) is 2.48. The average Bonchev–Trinajstić information content (AvgIpc) is 1.82. The van der Waals surface area contributed by atoms with E-state index in [0.717, 1.165) is 12.8 Å². The molecule has 0 aromatic carbocycles. The van der Waals surface area contributed by atoms with E-state index in [-0.39, 0.29) is 0 Å². The van der Waals surface area contributed by atoms with E-state index < -0.39 is 8.60 Å². The lowest BCUT2D eigenvalue weighted by Crippen LogP contribution is -1.78. The Morgan fingerprint density at radius 1 is 1.10 bits per heavy atom. The summed E-state index contributed by atoms with van der Waals surface area (Å²) in [5, 5.41) is 8.20. The molecule has 0 spiro atoms. The first-order valence-corrected chi connectivity index (χ1v) is 4.32. The van der Waals surface area contributed by atoms with Crippen molar-refractivity contribution in [2.75, 3.05) is 6.61 Å². The van der Waals surface area contributed by atoms with E-state index >= 15 is 0 Å². The van der Waals surface area contributed by atoms with E-state index in [9.17, 15) is 0 Å². The lowest BCUT2D eigenvalue weighted by atomic mass is 10.3. The van der Waals surface area contributed by atoms with E-state index in [1.165, 1.54) is 6.42 Å². The number of rotatable bonds is 3. The van der Waals surface area contributed by atoms with Crippen LogP contribution in [0.5, 0.6) is 0 Å². The van der Waals surface area contributed by atoms with Gasteiger partial charge in [-0.25, -0.2) is 0 Å². The maximum atomic E-state index is 8.20. The van der Waals surface area contributed by atoms with Gasteiger partial charge < -0.3 is 19.8 Å². The van der Waals surface area contributed by atoms with Crippen molar-refractivity contribution in [3.8, 4) is 0 Å². The summed E-state index contributed by atoms with van der Waals surface area (Å²) < 4.78 is 0. The van der Waals surface area contributed by atoms with E-state index in [1.54, 1.807) is 0 Å². The quantitative estimate of drug-likeness (QED) is 0.364. The highest BCUT2D eigenvalue weighted by molar-refractivity contribution is 7.38. The van der Waals surface area contributed by atoms with Gasteiger partial charge in [0, 0.05) is 6.61 Å². The van der Waals surface area contributed by atoms with Gasteiger partial charge in [0.1, 0.15) is 0 Å². The second-order valence-electron chi connectivity index (χ2n) is 1.70. The maximum absolute atomic E-state index is 8.20. The third-order valence-corrected chi connectivity index (χ3v) is 0.762. The van der Waals surface area contributed by atoms with Crippen LogP contribution in [0.2, 0.25) is 0 Å². The van der Waals surface area contributed by atoms with Crippen LogP contribution in [0, 0.1) is 0 Å². The largest absolute Gasteiger partial charge is 0.396 e. The van der Waals surface area contributed by atoms with E-state index in [4.69, 9.17) is 19.8 Å². The Kier molecular flexibility index (Phi) is 15.5. The summed E-state index contributed by atoms with van der Waals surface area (Å²) in [4.78, 5) is 21.7. The molecule has 0 aromatic rings. The average molecular weight is 170 g/mol. The number of hydrogen-bond donors (Lipinski definition) is 4. The predicted octanol–water partition coefficient (Wildman–Crippen LogP) is 0.359. The highest BCUT2D eigenvalue weighted by Gasteiger charge is 1.76. The van der Waals surface area contributed by atoms with Gasteiger partial charge in [0.2, 0.25) is 0 Å². The molecule has 0 aliphatic heterocycles. The molecule has 0 aliphatic rings. The van der Waals surface area contributed by atoms with Crippen molar-refractivity contribution in [3.63, 3.8) is 0 Å². The zero-order valence-electron chi connectivity index (χ0n) is 6.06. The number of unbranched alkanes of at least 4 members (excludes halogenated alkanes) is 2. The molecule has 0 radical (unpaired) electrons. The molecule has 64 valence electrons.